The fraction of sp³-hybridized carbons (Fsp3) is 0. The normalized spacial score (nSPS) is 9.89. The molecule has 2 N–H and O–H groups in total. The topological polar surface area (TPSA) is 118 Å². The van der Waals surface area contributed by atoms with Crippen LogP contribution in [0.25, 0.3) is 0 Å². The van der Waals surface area contributed by atoms with Gasteiger partial charge in [0.2, 0.25) is 0 Å². The summed E-state index contributed by atoms with van der Waals surface area (Å²) in [4.78, 5) is 28.5. The van der Waals surface area contributed by atoms with E-state index in [4.69, 9.17) is 5.11 Å². The summed E-state index contributed by atoms with van der Waals surface area (Å²) in [5.74, 6) is -1.35. The molecule has 0 fully saturated rings. The zero-order valence-electron chi connectivity index (χ0n) is 9.48. The number of carbonyl (C=O) groups is 1. The number of aromatic nitrogens is 2. The van der Waals surface area contributed by atoms with Crippen LogP contribution >= 0.6 is 0 Å². The molecule has 2 aromatic rings. The highest BCUT2D eigenvalue weighted by Gasteiger charge is 2.20. The van der Waals surface area contributed by atoms with E-state index in [9.17, 15) is 14.9 Å². The molecule has 96 valence electrons. The number of nitro benzene ring substituents is 1. The van der Waals surface area contributed by atoms with Gasteiger partial charge < -0.3 is 10.4 Å². The number of anilines is 2. The number of aromatic carboxylic acids is 1. The van der Waals surface area contributed by atoms with Crippen molar-refractivity contribution in [3.05, 3.63) is 52.6 Å². The Bertz CT molecular complexity index is 630. The van der Waals surface area contributed by atoms with Crippen LogP contribution in [0.3, 0.4) is 0 Å². The standard InChI is InChI=1S/C11H8N4O4/c16-11(17)9-2-1-7(3-10(9)15(18)19)14-8-4-12-6-13-5-8/h1-6,14H,(H,16,17). The molecule has 0 spiro atoms. The first-order valence-corrected chi connectivity index (χ1v) is 5.11. The molecule has 8 heteroatoms. The largest absolute Gasteiger partial charge is 0.477 e. The second kappa shape index (κ2) is 5.08. The van der Waals surface area contributed by atoms with E-state index in [0.29, 0.717) is 11.4 Å². The Hall–Kier alpha value is -3.03. The molecule has 19 heavy (non-hydrogen) atoms. The van der Waals surface area contributed by atoms with Crippen molar-refractivity contribution in [1.82, 2.24) is 9.97 Å². The minimum absolute atomic E-state index is 0.361. The number of hydrogen-bond donors (Lipinski definition) is 2. The number of carboxylic acid groups (broad SMARTS) is 1. The summed E-state index contributed by atoms with van der Waals surface area (Å²) < 4.78 is 0. The van der Waals surface area contributed by atoms with Gasteiger partial charge in [0.05, 0.1) is 23.0 Å². The maximum absolute atomic E-state index is 10.9. The lowest BCUT2D eigenvalue weighted by atomic mass is 10.1. The smallest absolute Gasteiger partial charge is 0.342 e. The number of nitrogens with one attached hydrogen (secondary N) is 1. The van der Waals surface area contributed by atoms with Crippen molar-refractivity contribution in [2.75, 3.05) is 5.32 Å². The maximum Gasteiger partial charge on any atom is 0.342 e. The molecule has 0 atom stereocenters. The average molecular weight is 260 g/mol. The summed E-state index contributed by atoms with van der Waals surface area (Å²) in [6, 6.07) is 3.76. The molecule has 0 saturated heterocycles. The third-order valence-corrected chi connectivity index (χ3v) is 2.27. The fourth-order valence-electron chi connectivity index (χ4n) is 1.47. The van der Waals surface area contributed by atoms with Gasteiger partial charge in [-0.2, -0.15) is 0 Å². The van der Waals surface area contributed by atoms with Crippen LogP contribution in [0.1, 0.15) is 10.4 Å². The summed E-state index contributed by atoms with van der Waals surface area (Å²) in [6.45, 7) is 0. The molecular formula is C11H8N4O4. The van der Waals surface area contributed by atoms with Crippen molar-refractivity contribution < 1.29 is 14.8 Å². The maximum atomic E-state index is 10.9. The molecule has 1 aromatic heterocycles. The lowest BCUT2D eigenvalue weighted by molar-refractivity contribution is -0.385. The predicted octanol–water partition coefficient (Wildman–Crippen LogP) is 1.83. The van der Waals surface area contributed by atoms with Gasteiger partial charge in [0.15, 0.2) is 0 Å². The second-order valence-electron chi connectivity index (χ2n) is 3.55. The van der Waals surface area contributed by atoms with Gasteiger partial charge in [0, 0.05) is 11.8 Å². The first-order valence-electron chi connectivity index (χ1n) is 5.11. The van der Waals surface area contributed by atoms with Crippen LogP contribution in [-0.4, -0.2) is 26.0 Å². The Morgan fingerprint density at radius 1 is 1.26 bits per heavy atom. The van der Waals surface area contributed by atoms with E-state index < -0.39 is 16.6 Å². The van der Waals surface area contributed by atoms with Gasteiger partial charge in [0.1, 0.15) is 11.9 Å². The highest BCUT2D eigenvalue weighted by molar-refractivity contribution is 5.93. The van der Waals surface area contributed by atoms with E-state index in [0.717, 1.165) is 6.07 Å². The van der Waals surface area contributed by atoms with Crippen molar-refractivity contribution in [2.24, 2.45) is 0 Å². The number of nitrogens with zero attached hydrogens (tertiary/aromatic N) is 3. The molecule has 0 aliphatic heterocycles. The highest BCUT2D eigenvalue weighted by atomic mass is 16.6. The van der Waals surface area contributed by atoms with Crippen LogP contribution in [0, 0.1) is 10.1 Å². The monoisotopic (exact) mass is 260 g/mol. The minimum Gasteiger partial charge on any atom is -0.477 e. The number of carboxylic acids is 1. The zero-order valence-corrected chi connectivity index (χ0v) is 9.48. The number of benzene rings is 1. The molecule has 1 heterocycles. The predicted molar refractivity (Wildman–Crippen MR) is 65.4 cm³/mol. The quantitative estimate of drug-likeness (QED) is 0.635. The molecule has 1 aromatic carbocycles. The van der Waals surface area contributed by atoms with Gasteiger partial charge in [-0.3, -0.25) is 10.1 Å². The van der Waals surface area contributed by atoms with Gasteiger partial charge in [-0.15, -0.1) is 0 Å². The molecule has 0 bridgehead atoms. The van der Waals surface area contributed by atoms with Gasteiger partial charge in [-0.05, 0) is 12.1 Å². The van der Waals surface area contributed by atoms with E-state index in [2.05, 4.69) is 15.3 Å². The molecule has 0 saturated carbocycles. The van der Waals surface area contributed by atoms with E-state index in [-0.39, 0.29) is 5.56 Å². The Labute approximate surface area is 106 Å². The van der Waals surface area contributed by atoms with Crippen molar-refractivity contribution in [3.8, 4) is 0 Å². The van der Waals surface area contributed by atoms with E-state index in [1.54, 1.807) is 0 Å². The van der Waals surface area contributed by atoms with E-state index in [1.807, 2.05) is 0 Å². The van der Waals surface area contributed by atoms with Gasteiger partial charge in [0.25, 0.3) is 5.69 Å². The first-order chi connectivity index (χ1) is 9.08. The lowest BCUT2D eigenvalue weighted by Gasteiger charge is -2.06. The second-order valence-corrected chi connectivity index (χ2v) is 3.55. The number of rotatable bonds is 4. The molecule has 2 rings (SSSR count). The van der Waals surface area contributed by atoms with Gasteiger partial charge in [-0.1, -0.05) is 0 Å². The molecule has 0 unspecified atom stereocenters. The van der Waals surface area contributed by atoms with Crippen molar-refractivity contribution >= 4 is 23.0 Å². The molecular weight excluding hydrogens is 252 g/mol. The fourth-order valence-corrected chi connectivity index (χ4v) is 1.47. The Kier molecular flexibility index (Phi) is 3.33. The Morgan fingerprint density at radius 3 is 2.53 bits per heavy atom. The molecule has 0 amide bonds. The van der Waals surface area contributed by atoms with Crippen LogP contribution in [0.4, 0.5) is 17.1 Å². The van der Waals surface area contributed by atoms with E-state index >= 15 is 0 Å². The minimum atomic E-state index is -1.35. The average Bonchev–Trinajstić information content (AvgIpc) is 2.39. The summed E-state index contributed by atoms with van der Waals surface area (Å²) in [7, 11) is 0. The summed E-state index contributed by atoms with van der Waals surface area (Å²) in [5.41, 5.74) is 0.0839. The number of hydrogen-bond acceptors (Lipinski definition) is 6. The first kappa shape index (κ1) is 12.4. The third-order valence-electron chi connectivity index (χ3n) is 2.27. The molecule has 0 radical (unpaired) electrons. The van der Waals surface area contributed by atoms with Crippen molar-refractivity contribution in [1.29, 1.82) is 0 Å². The van der Waals surface area contributed by atoms with Crippen molar-refractivity contribution in [2.45, 2.75) is 0 Å². The third kappa shape index (κ3) is 2.80. The highest BCUT2D eigenvalue weighted by Crippen LogP contribution is 2.25. The summed E-state index contributed by atoms with van der Waals surface area (Å²) >= 11 is 0. The van der Waals surface area contributed by atoms with Crippen LogP contribution in [0.2, 0.25) is 0 Å². The molecule has 0 aliphatic carbocycles. The van der Waals surface area contributed by atoms with Gasteiger partial charge in [-0.25, -0.2) is 14.8 Å². The Balaban J connectivity index is 2.36. The van der Waals surface area contributed by atoms with Crippen LogP contribution in [0.15, 0.2) is 36.9 Å². The molecule has 0 aliphatic rings. The number of nitro groups is 1. The molecule has 8 nitrogen and oxygen atoms in total. The lowest BCUT2D eigenvalue weighted by Crippen LogP contribution is -2.03. The van der Waals surface area contributed by atoms with Gasteiger partial charge >= 0.3 is 5.97 Å². The SMILES string of the molecule is O=C(O)c1ccc(Nc2cncnc2)cc1[N+](=O)[O-]. The van der Waals surface area contributed by atoms with Crippen molar-refractivity contribution in [3.63, 3.8) is 0 Å². The summed E-state index contributed by atoms with van der Waals surface area (Å²) in [6.07, 6.45) is 4.33. The summed E-state index contributed by atoms with van der Waals surface area (Å²) in [5, 5.41) is 22.5. The van der Waals surface area contributed by atoms with Crippen LogP contribution in [-0.2, 0) is 0 Å². The van der Waals surface area contributed by atoms with Crippen LogP contribution in [0.5, 0.6) is 0 Å². The Morgan fingerprint density at radius 2 is 1.95 bits per heavy atom. The van der Waals surface area contributed by atoms with E-state index in [1.165, 1.54) is 30.9 Å². The van der Waals surface area contributed by atoms with Crippen LogP contribution < -0.4 is 5.32 Å². The zero-order chi connectivity index (χ0) is 13.8.